The molecule has 1 atom stereocenters. The van der Waals surface area contributed by atoms with Gasteiger partial charge in [-0.25, -0.2) is 4.98 Å². The Morgan fingerprint density at radius 3 is 3.04 bits per heavy atom. The van der Waals surface area contributed by atoms with Gasteiger partial charge in [-0.05, 0) is 48.6 Å². The molecule has 0 spiro atoms. The van der Waals surface area contributed by atoms with Crippen molar-refractivity contribution in [2.24, 2.45) is 4.99 Å². The molecule has 6 nitrogen and oxygen atoms in total. The molecule has 1 fully saturated rings. The normalized spacial score (nSPS) is 18.4. The van der Waals surface area contributed by atoms with Crippen LogP contribution in [0.2, 0.25) is 0 Å². The van der Waals surface area contributed by atoms with Crippen LogP contribution < -0.4 is 10.6 Å². The van der Waals surface area contributed by atoms with E-state index in [1.807, 2.05) is 18.3 Å². The third kappa shape index (κ3) is 3.24. The van der Waals surface area contributed by atoms with Crippen molar-refractivity contribution < 1.29 is 4.74 Å². The number of hydrogen-bond acceptors (Lipinski definition) is 6. The van der Waals surface area contributed by atoms with Crippen molar-refractivity contribution in [1.29, 1.82) is 0 Å². The zero-order valence-electron chi connectivity index (χ0n) is 15.0. The van der Waals surface area contributed by atoms with E-state index in [4.69, 9.17) is 4.74 Å². The van der Waals surface area contributed by atoms with E-state index in [0.29, 0.717) is 6.54 Å². The molecule has 2 aliphatic rings. The van der Waals surface area contributed by atoms with Gasteiger partial charge in [-0.15, -0.1) is 0 Å². The molecule has 1 aromatic carbocycles. The zero-order valence-corrected chi connectivity index (χ0v) is 15.0. The Morgan fingerprint density at radius 2 is 2.11 bits per heavy atom. The van der Waals surface area contributed by atoms with Crippen LogP contribution in [0.1, 0.15) is 24.1 Å². The second kappa shape index (κ2) is 6.96. The third-order valence-electron chi connectivity index (χ3n) is 5.07. The third-order valence-corrected chi connectivity index (χ3v) is 5.07. The van der Waals surface area contributed by atoms with Gasteiger partial charge >= 0.3 is 0 Å². The van der Waals surface area contributed by atoms with Crippen LogP contribution in [0.15, 0.2) is 53.8 Å². The molecular weight excluding hydrogens is 338 g/mol. The summed E-state index contributed by atoms with van der Waals surface area (Å²) in [6.45, 7) is 2.35. The second-order valence-corrected chi connectivity index (χ2v) is 6.91. The molecule has 3 aromatic rings. The SMILES string of the molecule is c1cnc2c(c1)CN=C2Nc1ccc2c(NC[C@H]3CCCO3)nccc2c1. The molecule has 5 rings (SSSR count). The maximum Gasteiger partial charge on any atom is 0.152 e. The average molecular weight is 359 g/mol. The predicted molar refractivity (Wildman–Crippen MR) is 107 cm³/mol. The highest BCUT2D eigenvalue weighted by Crippen LogP contribution is 2.26. The van der Waals surface area contributed by atoms with E-state index in [0.717, 1.165) is 65.4 Å². The van der Waals surface area contributed by atoms with E-state index in [-0.39, 0.29) is 6.10 Å². The number of benzene rings is 1. The minimum absolute atomic E-state index is 0.288. The van der Waals surface area contributed by atoms with E-state index in [1.54, 1.807) is 6.20 Å². The van der Waals surface area contributed by atoms with Crippen LogP contribution in [-0.4, -0.2) is 35.1 Å². The van der Waals surface area contributed by atoms with Crippen LogP contribution >= 0.6 is 0 Å². The van der Waals surface area contributed by atoms with E-state index in [9.17, 15) is 0 Å². The number of amidine groups is 1. The summed E-state index contributed by atoms with van der Waals surface area (Å²) in [5.74, 6) is 1.73. The number of nitrogens with one attached hydrogen (secondary N) is 2. The van der Waals surface area contributed by atoms with Crippen molar-refractivity contribution in [2.45, 2.75) is 25.5 Å². The molecule has 0 amide bonds. The Bertz CT molecular complexity index is 1010. The highest BCUT2D eigenvalue weighted by atomic mass is 16.5. The first-order valence-corrected chi connectivity index (χ1v) is 9.37. The molecule has 2 N–H and O–H groups in total. The van der Waals surface area contributed by atoms with Gasteiger partial charge in [-0.3, -0.25) is 9.98 Å². The molecule has 6 heteroatoms. The predicted octanol–water partition coefficient (Wildman–Crippen LogP) is 3.59. The van der Waals surface area contributed by atoms with Gasteiger partial charge in [-0.1, -0.05) is 6.07 Å². The lowest BCUT2D eigenvalue weighted by atomic mass is 10.1. The van der Waals surface area contributed by atoms with Gasteiger partial charge in [0.2, 0.25) is 0 Å². The smallest absolute Gasteiger partial charge is 0.152 e. The minimum Gasteiger partial charge on any atom is -0.376 e. The largest absolute Gasteiger partial charge is 0.376 e. The van der Waals surface area contributed by atoms with Crippen molar-refractivity contribution in [2.75, 3.05) is 23.8 Å². The van der Waals surface area contributed by atoms with Gasteiger partial charge in [0, 0.05) is 42.2 Å². The zero-order chi connectivity index (χ0) is 18.1. The molecule has 27 heavy (non-hydrogen) atoms. The number of aliphatic imine (C=N–C) groups is 1. The van der Waals surface area contributed by atoms with Crippen LogP contribution in [0.25, 0.3) is 10.8 Å². The van der Waals surface area contributed by atoms with Crippen molar-refractivity contribution in [1.82, 2.24) is 9.97 Å². The van der Waals surface area contributed by atoms with Gasteiger partial charge in [0.15, 0.2) is 5.84 Å². The van der Waals surface area contributed by atoms with Gasteiger partial charge in [-0.2, -0.15) is 0 Å². The molecule has 0 radical (unpaired) electrons. The average Bonchev–Trinajstić information content (AvgIpc) is 3.36. The van der Waals surface area contributed by atoms with E-state index < -0.39 is 0 Å². The highest BCUT2D eigenvalue weighted by molar-refractivity contribution is 6.10. The molecule has 2 aromatic heterocycles. The topological polar surface area (TPSA) is 71.4 Å². The van der Waals surface area contributed by atoms with Crippen LogP contribution in [0.4, 0.5) is 11.5 Å². The molecule has 2 aliphatic heterocycles. The maximum absolute atomic E-state index is 5.69. The fraction of sp³-hybridized carbons (Fsp3) is 0.286. The summed E-state index contributed by atoms with van der Waals surface area (Å²) in [7, 11) is 0. The van der Waals surface area contributed by atoms with Crippen LogP contribution in [0.5, 0.6) is 0 Å². The van der Waals surface area contributed by atoms with Crippen LogP contribution in [-0.2, 0) is 11.3 Å². The fourth-order valence-electron chi connectivity index (χ4n) is 3.67. The number of hydrogen-bond donors (Lipinski definition) is 2. The molecule has 0 unspecified atom stereocenters. The monoisotopic (exact) mass is 359 g/mol. The number of pyridine rings is 2. The van der Waals surface area contributed by atoms with Crippen LogP contribution in [0.3, 0.4) is 0 Å². The standard InChI is InChI=1S/C21H21N5O/c1-3-15-12-24-21(19(15)22-8-1)26-16-5-6-18-14(11-16)7-9-23-20(18)25-13-17-4-2-10-27-17/h1,3,5-9,11,17H,2,4,10,12-13H2,(H,23,25)(H,24,26)/t17-/m1/s1. The first kappa shape index (κ1) is 16.2. The lowest BCUT2D eigenvalue weighted by Gasteiger charge is -2.14. The van der Waals surface area contributed by atoms with Gasteiger partial charge < -0.3 is 15.4 Å². The molecule has 4 heterocycles. The van der Waals surface area contributed by atoms with Crippen molar-refractivity contribution in [3.8, 4) is 0 Å². The van der Waals surface area contributed by atoms with Crippen molar-refractivity contribution >= 4 is 28.1 Å². The molecule has 0 aliphatic carbocycles. The second-order valence-electron chi connectivity index (χ2n) is 6.91. The van der Waals surface area contributed by atoms with Crippen molar-refractivity contribution in [3.63, 3.8) is 0 Å². The summed E-state index contributed by atoms with van der Waals surface area (Å²) in [6.07, 6.45) is 6.19. The van der Waals surface area contributed by atoms with E-state index >= 15 is 0 Å². The van der Waals surface area contributed by atoms with Crippen molar-refractivity contribution in [3.05, 3.63) is 60.0 Å². The molecule has 0 saturated carbocycles. The van der Waals surface area contributed by atoms with Gasteiger partial charge in [0.1, 0.15) is 11.5 Å². The number of nitrogens with zero attached hydrogens (tertiary/aromatic N) is 3. The first-order valence-electron chi connectivity index (χ1n) is 9.37. The Kier molecular flexibility index (Phi) is 4.18. The Hall–Kier alpha value is -2.99. The number of rotatable bonds is 4. The molecule has 136 valence electrons. The summed E-state index contributed by atoms with van der Waals surface area (Å²) >= 11 is 0. The number of fused-ring (bicyclic) bond motifs is 2. The lowest BCUT2D eigenvalue weighted by Crippen LogP contribution is -2.19. The molecule has 0 bridgehead atoms. The Morgan fingerprint density at radius 1 is 1.11 bits per heavy atom. The minimum atomic E-state index is 0.288. The quantitative estimate of drug-likeness (QED) is 0.745. The summed E-state index contributed by atoms with van der Waals surface area (Å²) in [5, 5.41) is 9.09. The lowest BCUT2D eigenvalue weighted by molar-refractivity contribution is 0.120. The highest BCUT2D eigenvalue weighted by Gasteiger charge is 2.18. The molecule has 1 saturated heterocycles. The first-order chi connectivity index (χ1) is 13.4. The summed E-state index contributed by atoms with van der Waals surface area (Å²) < 4.78 is 5.69. The number of aromatic nitrogens is 2. The summed E-state index contributed by atoms with van der Waals surface area (Å²) in [6, 6.07) is 12.3. The van der Waals surface area contributed by atoms with Gasteiger partial charge in [0.25, 0.3) is 0 Å². The maximum atomic E-state index is 5.69. The Balaban J connectivity index is 1.36. The summed E-state index contributed by atoms with van der Waals surface area (Å²) in [5.41, 5.74) is 3.09. The van der Waals surface area contributed by atoms with Crippen LogP contribution in [0, 0.1) is 0 Å². The summed E-state index contributed by atoms with van der Waals surface area (Å²) in [4.78, 5) is 13.5. The number of ether oxygens (including phenoxy) is 1. The number of anilines is 2. The van der Waals surface area contributed by atoms with Gasteiger partial charge in [0.05, 0.1) is 12.6 Å². The fourth-order valence-corrected chi connectivity index (χ4v) is 3.67. The van der Waals surface area contributed by atoms with E-state index in [1.165, 1.54) is 0 Å². The molecular formula is C21H21N5O. The Labute approximate surface area is 157 Å². The van der Waals surface area contributed by atoms with E-state index in [2.05, 4.69) is 49.9 Å².